The summed E-state index contributed by atoms with van der Waals surface area (Å²) in [6, 6.07) is 12.8. The lowest BCUT2D eigenvalue weighted by atomic mass is 10.2. The van der Waals surface area contributed by atoms with Gasteiger partial charge in [0.1, 0.15) is 11.5 Å². The van der Waals surface area contributed by atoms with E-state index in [9.17, 15) is 4.79 Å². The summed E-state index contributed by atoms with van der Waals surface area (Å²) in [6.45, 7) is 1.84. The number of hydrogen-bond donors (Lipinski definition) is 2. The lowest BCUT2D eigenvalue weighted by molar-refractivity contribution is -0.121. The van der Waals surface area contributed by atoms with Crippen LogP contribution in [0.4, 0.5) is 5.69 Å². The van der Waals surface area contributed by atoms with Gasteiger partial charge in [-0.25, -0.2) is 0 Å². The second-order valence-corrected chi connectivity index (χ2v) is 6.22. The molecule has 0 radical (unpaired) electrons. The highest BCUT2D eigenvalue weighted by Crippen LogP contribution is 2.25. The standard InChI is InChI=1S/C17H17BrN2O3S/c1-11-3-8-15(14(18)9-11)23-10-16(21)20-17(24)19-12-4-6-13(22-2)7-5-12/h3-9H,10H2,1-2H3,(H2,19,20,21,24). The third kappa shape index (κ3) is 5.50. The molecule has 0 saturated heterocycles. The van der Waals surface area contributed by atoms with E-state index in [1.54, 1.807) is 37.4 Å². The molecule has 2 aromatic rings. The molecule has 0 bridgehead atoms. The molecule has 0 aliphatic carbocycles. The number of halogens is 1. The van der Waals surface area contributed by atoms with Crippen molar-refractivity contribution in [1.29, 1.82) is 0 Å². The van der Waals surface area contributed by atoms with E-state index < -0.39 is 0 Å². The molecule has 0 spiro atoms. The predicted octanol–water partition coefficient (Wildman–Crippen LogP) is 3.66. The van der Waals surface area contributed by atoms with E-state index in [0.717, 1.165) is 21.5 Å². The molecule has 5 nitrogen and oxygen atoms in total. The third-order valence-electron chi connectivity index (χ3n) is 3.05. The molecule has 0 fully saturated rings. The second kappa shape index (κ2) is 8.65. The van der Waals surface area contributed by atoms with Gasteiger partial charge in [0, 0.05) is 5.69 Å². The van der Waals surface area contributed by atoms with Crippen molar-refractivity contribution in [3.05, 3.63) is 52.5 Å². The zero-order valence-electron chi connectivity index (χ0n) is 13.3. The van der Waals surface area contributed by atoms with Crippen LogP contribution in [0, 0.1) is 6.92 Å². The number of methoxy groups -OCH3 is 1. The molecule has 2 rings (SSSR count). The van der Waals surface area contributed by atoms with Crippen LogP contribution in [-0.4, -0.2) is 24.7 Å². The minimum absolute atomic E-state index is 0.133. The molecular weight excluding hydrogens is 392 g/mol. The monoisotopic (exact) mass is 408 g/mol. The van der Waals surface area contributed by atoms with Crippen molar-refractivity contribution >= 4 is 44.9 Å². The fourth-order valence-corrected chi connectivity index (χ4v) is 2.71. The Bertz CT molecular complexity index is 735. The van der Waals surface area contributed by atoms with Crippen LogP contribution in [0.2, 0.25) is 0 Å². The summed E-state index contributed by atoms with van der Waals surface area (Å²) in [7, 11) is 1.60. The summed E-state index contributed by atoms with van der Waals surface area (Å²) in [5.74, 6) is 1.01. The molecule has 0 aromatic heterocycles. The number of ether oxygens (including phenoxy) is 2. The van der Waals surface area contributed by atoms with E-state index in [1.165, 1.54) is 0 Å². The molecule has 0 atom stereocenters. The first kappa shape index (κ1) is 18.2. The van der Waals surface area contributed by atoms with Gasteiger partial charge in [-0.1, -0.05) is 6.07 Å². The Labute approximate surface area is 154 Å². The maximum Gasteiger partial charge on any atom is 0.264 e. The topological polar surface area (TPSA) is 59.6 Å². The van der Waals surface area contributed by atoms with E-state index in [4.69, 9.17) is 21.7 Å². The first-order valence-electron chi connectivity index (χ1n) is 7.12. The van der Waals surface area contributed by atoms with Crippen LogP contribution in [0.15, 0.2) is 46.9 Å². The van der Waals surface area contributed by atoms with Crippen LogP contribution in [0.25, 0.3) is 0 Å². The van der Waals surface area contributed by atoms with E-state index >= 15 is 0 Å². The number of amides is 1. The Balaban J connectivity index is 1.81. The van der Waals surface area contributed by atoms with Gasteiger partial charge in [-0.05, 0) is 77.0 Å². The Morgan fingerprint density at radius 2 is 1.92 bits per heavy atom. The molecule has 2 aromatic carbocycles. The van der Waals surface area contributed by atoms with Crippen LogP contribution in [0.1, 0.15) is 5.56 Å². The molecular formula is C17H17BrN2O3S. The van der Waals surface area contributed by atoms with Gasteiger partial charge in [0.15, 0.2) is 11.7 Å². The molecule has 0 aliphatic rings. The van der Waals surface area contributed by atoms with Crippen LogP contribution >= 0.6 is 28.1 Å². The smallest absolute Gasteiger partial charge is 0.264 e. The molecule has 7 heteroatoms. The Kier molecular flexibility index (Phi) is 6.57. The maximum absolute atomic E-state index is 11.9. The summed E-state index contributed by atoms with van der Waals surface area (Å²) in [4.78, 5) is 11.9. The summed E-state index contributed by atoms with van der Waals surface area (Å²) >= 11 is 8.51. The van der Waals surface area contributed by atoms with Gasteiger partial charge >= 0.3 is 0 Å². The van der Waals surface area contributed by atoms with Crippen molar-refractivity contribution in [3.63, 3.8) is 0 Å². The highest BCUT2D eigenvalue weighted by molar-refractivity contribution is 9.10. The van der Waals surface area contributed by atoms with Gasteiger partial charge in [-0.15, -0.1) is 0 Å². The van der Waals surface area contributed by atoms with Crippen molar-refractivity contribution < 1.29 is 14.3 Å². The minimum atomic E-state index is -0.339. The van der Waals surface area contributed by atoms with E-state index in [0.29, 0.717) is 5.75 Å². The van der Waals surface area contributed by atoms with Crippen LogP contribution in [0.3, 0.4) is 0 Å². The van der Waals surface area contributed by atoms with Gasteiger partial charge in [-0.3, -0.25) is 10.1 Å². The predicted molar refractivity (Wildman–Crippen MR) is 102 cm³/mol. The van der Waals surface area contributed by atoms with Crippen molar-refractivity contribution in [2.24, 2.45) is 0 Å². The van der Waals surface area contributed by atoms with Crippen LogP contribution < -0.4 is 20.1 Å². The highest BCUT2D eigenvalue weighted by atomic mass is 79.9. The van der Waals surface area contributed by atoms with Gasteiger partial charge in [0.25, 0.3) is 5.91 Å². The number of carbonyl (C=O) groups excluding carboxylic acids is 1. The second-order valence-electron chi connectivity index (χ2n) is 4.95. The SMILES string of the molecule is COc1ccc(NC(=S)NC(=O)COc2ccc(C)cc2Br)cc1. The van der Waals surface area contributed by atoms with Crippen molar-refractivity contribution in [1.82, 2.24) is 5.32 Å². The fraction of sp³-hybridized carbons (Fsp3) is 0.176. The van der Waals surface area contributed by atoms with Gasteiger partial charge in [-0.2, -0.15) is 0 Å². The Morgan fingerprint density at radius 1 is 1.21 bits per heavy atom. The first-order chi connectivity index (χ1) is 11.5. The maximum atomic E-state index is 11.9. The zero-order valence-corrected chi connectivity index (χ0v) is 15.7. The molecule has 0 unspecified atom stereocenters. The summed E-state index contributed by atoms with van der Waals surface area (Å²) in [5.41, 5.74) is 1.85. The van der Waals surface area contributed by atoms with E-state index in [-0.39, 0.29) is 17.6 Å². The van der Waals surface area contributed by atoms with Crippen LogP contribution in [0.5, 0.6) is 11.5 Å². The van der Waals surface area contributed by atoms with Gasteiger partial charge < -0.3 is 14.8 Å². The summed E-state index contributed by atoms with van der Waals surface area (Å²) < 4.78 is 11.4. The highest BCUT2D eigenvalue weighted by Gasteiger charge is 2.08. The number of aryl methyl sites for hydroxylation is 1. The summed E-state index contributed by atoms with van der Waals surface area (Å²) in [6.07, 6.45) is 0. The number of hydrogen-bond acceptors (Lipinski definition) is 4. The average Bonchev–Trinajstić information content (AvgIpc) is 2.54. The normalized spacial score (nSPS) is 9.96. The quantitative estimate of drug-likeness (QED) is 0.739. The molecule has 0 heterocycles. The fourth-order valence-electron chi connectivity index (χ4n) is 1.87. The lowest BCUT2D eigenvalue weighted by Gasteiger charge is -2.11. The zero-order chi connectivity index (χ0) is 17.5. The van der Waals surface area contributed by atoms with Crippen LogP contribution in [-0.2, 0) is 4.79 Å². The number of anilines is 1. The molecule has 24 heavy (non-hydrogen) atoms. The minimum Gasteiger partial charge on any atom is -0.497 e. The van der Waals surface area contributed by atoms with Crippen molar-refractivity contribution in [2.45, 2.75) is 6.92 Å². The molecule has 0 saturated carbocycles. The number of carbonyl (C=O) groups is 1. The number of nitrogens with one attached hydrogen (secondary N) is 2. The number of rotatable bonds is 5. The van der Waals surface area contributed by atoms with E-state index in [2.05, 4.69) is 26.6 Å². The molecule has 2 N–H and O–H groups in total. The van der Waals surface area contributed by atoms with Gasteiger partial charge in [0.05, 0.1) is 11.6 Å². The summed E-state index contributed by atoms with van der Waals surface area (Å²) in [5, 5.41) is 5.69. The van der Waals surface area contributed by atoms with Gasteiger partial charge in [0.2, 0.25) is 0 Å². The average molecular weight is 409 g/mol. The lowest BCUT2D eigenvalue weighted by Crippen LogP contribution is -2.37. The van der Waals surface area contributed by atoms with Crippen molar-refractivity contribution in [3.8, 4) is 11.5 Å². The Morgan fingerprint density at radius 3 is 2.54 bits per heavy atom. The van der Waals surface area contributed by atoms with E-state index in [1.807, 2.05) is 19.1 Å². The Hall–Kier alpha value is -2.12. The van der Waals surface area contributed by atoms with Crippen molar-refractivity contribution in [2.75, 3.05) is 19.0 Å². The molecule has 126 valence electrons. The third-order valence-corrected chi connectivity index (χ3v) is 3.87. The first-order valence-corrected chi connectivity index (χ1v) is 8.32. The largest absolute Gasteiger partial charge is 0.497 e. The molecule has 0 aliphatic heterocycles. The molecule has 1 amide bonds. The number of benzene rings is 2. The number of thiocarbonyl (C=S) groups is 1.